The Labute approximate surface area is 113 Å². The van der Waals surface area contributed by atoms with E-state index in [1.54, 1.807) is 0 Å². The first-order chi connectivity index (χ1) is 9.24. The van der Waals surface area contributed by atoms with E-state index in [1.807, 2.05) is 36.4 Å². The minimum absolute atomic E-state index is 0.166. The fraction of sp³-hybridized carbons (Fsp3) is 0.312. The van der Waals surface area contributed by atoms with Gasteiger partial charge in [-0.1, -0.05) is 36.4 Å². The van der Waals surface area contributed by atoms with E-state index in [9.17, 15) is 4.79 Å². The number of aliphatic carboxylic acids is 1. The van der Waals surface area contributed by atoms with Crippen LogP contribution in [0.4, 0.5) is 0 Å². The van der Waals surface area contributed by atoms with E-state index >= 15 is 0 Å². The molecule has 1 aliphatic carbocycles. The molecule has 1 unspecified atom stereocenters. The number of carbonyl (C=O) groups is 1. The largest absolute Gasteiger partial charge is 0.493 e. The monoisotopic (exact) mass is 258 g/mol. The zero-order valence-electron chi connectivity index (χ0n) is 10.8. The second-order valence-corrected chi connectivity index (χ2v) is 4.66. The van der Waals surface area contributed by atoms with Gasteiger partial charge in [-0.15, -0.1) is 0 Å². The molecule has 3 heteroatoms. The molecule has 0 aromatic heterocycles. The maximum Gasteiger partial charge on any atom is 0.303 e. The van der Waals surface area contributed by atoms with Crippen LogP contribution in [0.2, 0.25) is 0 Å². The normalized spacial score (nSPS) is 17.4. The summed E-state index contributed by atoms with van der Waals surface area (Å²) in [6.45, 7) is 0.676. The molecule has 100 valence electrons. The van der Waals surface area contributed by atoms with E-state index in [1.165, 1.54) is 0 Å². The summed E-state index contributed by atoms with van der Waals surface area (Å²) in [4.78, 5) is 10.5. The predicted molar refractivity (Wildman–Crippen MR) is 74.3 cm³/mol. The van der Waals surface area contributed by atoms with Crippen LogP contribution in [0.25, 0.3) is 0 Å². The first-order valence-corrected chi connectivity index (χ1v) is 6.51. The third kappa shape index (κ3) is 4.62. The lowest BCUT2D eigenvalue weighted by Crippen LogP contribution is -2.10. The number of hydrogen-bond acceptors (Lipinski definition) is 2. The smallest absolute Gasteiger partial charge is 0.303 e. The Morgan fingerprint density at radius 3 is 2.68 bits per heavy atom. The second-order valence-electron chi connectivity index (χ2n) is 4.66. The summed E-state index contributed by atoms with van der Waals surface area (Å²) in [5.74, 6) is 0.510. The Morgan fingerprint density at radius 2 is 2.05 bits per heavy atom. The summed E-state index contributed by atoms with van der Waals surface area (Å²) in [7, 11) is 0. The van der Waals surface area contributed by atoms with Crippen molar-refractivity contribution >= 4 is 5.97 Å². The Hall–Kier alpha value is -2.03. The molecular weight excluding hydrogens is 240 g/mol. The number of hydrogen-bond donors (Lipinski definition) is 1. The molecule has 1 aromatic rings. The summed E-state index contributed by atoms with van der Waals surface area (Å²) < 4.78 is 5.72. The van der Waals surface area contributed by atoms with Crippen molar-refractivity contribution < 1.29 is 14.6 Å². The third-order valence-electron chi connectivity index (χ3n) is 3.08. The first-order valence-electron chi connectivity index (χ1n) is 6.51. The van der Waals surface area contributed by atoms with Crippen molar-refractivity contribution in [1.29, 1.82) is 0 Å². The minimum Gasteiger partial charge on any atom is -0.493 e. The number of carboxylic acids is 1. The van der Waals surface area contributed by atoms with Crippen LogP contribution in [-0.4, -0.2) is 17.7 Å². The van der Waals surface area contributed by atoms with Crippen molar-refractivity contribution in [2.75, 3.05) is 6.61 Å². The fourth-order valence-corrected chi connectivity index (χ4v) is 1.96. The van der Waals surface area contributed by atoms with E-state index in [0.29, 0.717) is 18.9 Å². The van der Waals surface area contributed by atoms with Crippen molar-refractivity contribution in [3.05, 3.63) is 54.1 Å². The average Bonchev–Trinajstić information content (AvgIpc) is 2.45. The molecular formula is C16H18O3. The average molecular weight is 258 g/mol. The highest BCUT2D eigenvalue weighted by Gasteiger charge is 2.06. The highest BCUT2D eigenvalue weighted by atomic mass is 16.5. The number of carboxylic acid groups (broad SMARTS) is 1. The maximum atomic E-state index is 10.5. The molecule has 0 fully saturated rings. The molecule has 1 aromatic carbocycles. The van der Waals surface area contributed by atoms with Crippen LogP contribution in [0.15, 0.2) is 48.6 Å². The minimum atomic E-state index is -0.766. The molecule has 3 nitrogen and oxygen atoms in total. The number of aryl methyl sites for hydroxylation is 1. The van der Waals surface area contributed by atoms with E-state index in [0.717, 1.165) is 17.7 Å². The fourth-order valence-electron chi connectivity index (χ4n) is 1.96. The second kappa shape index (κ2) is 6.78. The Morgan fingerprint density at radius 1 is 1.26 bits per heavy atom. The van der Waals surface area contributed by atoms with Crippen LogP contribution in [0.5, 0.6) is 5.75 Å². The topological polar surface area (TPSA) is 46.5 Å². The van der Waals surface area contributed by atoms with Crippen LogP contribution >= 0.6 is 0 Å². The molecule has 0 radical (unpaired) electrons. The molecule has 0 bridgehead atoms. The lowest BCUT2D eigenvalue weighted by Gasteiger charge is -2.14. The summed E-state index contributed by atoms with van der Waals surface area (Å²) in [5, 5.41) is 8.62. The summed E-state index contributed by atoms with van der Waals surface area (Å²) in [6.07, 6.45) is 10.1. The van der Waals surface area contributed by atoms with Gasteiger partial charge < -0.3 is 9.84 Å². The van der Waals surface area contributed by atoms with E-state index in [2.05, 4.69) is 12.2 Å². The van der Waals surface area contributed by atoms with Gasteiger partial charge in [0.05, 0.1) is 6.61 Å². The van der Waals surface area contributed by atoms with Gasteiger partial charge in [-0.2, -0.15) is 0 Å². The SMILES string of the molecule is O=C(O)CCc1ccc(OCC2C=CC=CC2)cc1. The summed E-state index contributed by atoms with van der Waals surface area (Å²) in [6, 6.07) is 7.66. The van der Waals surface area contributed by atoms with Crippen LogP contribution < -0.4 is 4.74 Å². The van der Waals surface area contributed by atoms with Gasteiger partial charge in [-0.25, -0.2) is 0 Å². The molecule has 0 heterocycles. The molecule has 1 aliphatic rings. The number of allylic oxidation sites excluding steroid dienone is 3. The maximum absolute atomic E-state index is 10.5. The third-order valence-corrected chi connectivity index (χ3v) is 3.08. The molecule has 0 saturated carbocycles. The van der Waals surface area contributed by atoms with Gasteiger partial charge in [0.15, 0.2) is 0 Å². The highest BCUT2D eigenvalue weighted by molar-refractivity contribution is 5.67. The lowest BCUT2D eigenvalue weighted by molar-refractivity contribution is -0.136. The Kier molecular flexibility index (Phi) is 4.78. The highest BCUT2D eigenvalue weighted by Crippen LogP contribution is 2.17. The quantitative estimate of drug-likeness (QED) is 0.852. The number of benzene rings is 1. The molecule has 0 saturated heterocycles. The van der Waals surface area contributed by atoms with E-state index < -0.39 is 5.97 Å². The van der Waals surface area contributed by atoms with Crippen LogP contribution in [0, 0.1) is 5.92 Å². The van der Waals surface area contributed by atoms with Gasteiger partial charge in [0.25, 0.3) is 0 Å². The molecule has 0 aliphatic heterocycles. The molecule has 19 heavy (non-hydrogen) atoms. The van der Waals surface area contributed by atoms with E-state index in [4.69, 9.17) is 9.84 Å². The van der Waals surface area contributed by atoms with Crippen LogP contribution in [-0.2, 0) is 11.2 Å². The van der Waals surface area contributed by atoms with Gasteiger partial charge >= 0.3 is 5.97 Å². The standard InChI is InChI=1S/C16H18O3/c17-16(18)11-8-13-6-9-15(10-7-13)19-12-14-4-2-1-3-5-14/h1-4,6-7,9-10,14H,5,8,11-12H2,(H,17,18). The van der Waals surface area contributed by atoms with Crippen molar-refractivity contribution in [1.82, 2.24) is 0 Å². The lowest BCUT2D eigenvalue weighted by atomic mass is 10.0. The Balaban J connectivity index is 1.79. The van der Waals surface area contributed by atoms with Gasteiger partial charge in [0.1, 0.15) is 5.75 Å². The molecule has 0 amide bonds. The van der Waals surface area contributed by atoms with E-state index in [-0.39, 0.29) is 6.42 Å². The van der Waals surface area contributed by atoms with Gasteiger partial charge in [0.2, 0.25) is 0 Å². The van der Waals surface area contributed by atoms with Crippen molar-refractivity contribution in [3.8, 4) is 5.75 Å². The van der Waals surface area contributed by atoms with Crippen molar-refractivity contribution in [3.63, 3.8) is 0 Å². The first kappa shape index (κ1) is 13.4. The molecule has 1 atom stereocenters. The zero-order chi connectivity index (χ0) is 13.5. The summed E-state index contributed by atoms with van der Waals surface area (Å²) >= 11 is 0. The van der Waals surface area contributed by atoms with Crippen LogP contribution in [0.3, 0.4) is 0 Å². The van der Waals surface area contributed by atoms with Gasteiger partial charge in [0, 0.05) is 12.3 Å². The number of rotatable bonds is 6. The van der Waals surface area contributed by atoms with Crippen molar-refractivity contribution in [2.45, 2.75) is 19.3 Å². The zero-order valence-corrected chi connectivity index (χ0v) is 10.8. The molecule has 1 N–H and O–H groups in total. The van der Waals surface area contributed by atoms with Gasteiger partial charge in [-0.05, 0) is 30.5 Å². The summed E-state index contributed by atoms with van der Waals surface area (Å²) in [5.41, 5.74) is 1.02. The van der Waals surface area contributed by atoms with Gasteiger partial charge in [-0.3, -0.25) is 4.79 Å². The molecule has 0 spiro atoms. The van der Waals surface area contributed by atoms with Crippen molar-refractivity contribution in [2.24, 2.45) is 5.92 Å². The molecule has 2 rings (SSSR count). The predicted octanol–water partition coefficient (Wildman–Crippen LogP) is 3.21. The number of ether oxygens (including phenoxy) is 1. The Bertz CT molecular complexity index is 471. The van der Waals surface area contributed by atoms with Crippen LogP contribution in [0.1, 0.15) is 18.4 Å².